The van der Waals surface area contributed by atoms with Crippen molar-refractivity contribution < 1.29 is 23.9 Å². The predicted octanol–water partition coefficient (Wildman–Crippen LogP) is 3.54. The van der Waals surface area contributed by atoms with Crippen LogP contribution in [0.5, 0.6) is 5.75 Å². The van der Waals surface area contributed by atoms with Gasteiger partial charge in [-0.3, -0.25) is 9.69 Å². The first-order chi connectivity index (χ1) is 14.4. The molecular formula is C23H26N2O5. The third kappa shape index (κ3) is 3.75. The predicted molar refractivity (Wildman–Crippen MR) is 111 cm³/mol. The van der Waals surface area contributed by atoms with Crippen LogP contribution in [-0.4, -0.2) is 36.5 Å². The molecule has 1 aliphatic heterocycles. The molecule has 3 rings (SSSR count). The van der Waals surface area contributed by atoms with Crippen molar-refractivity contribution in [2.24, 2.45) is 0 Å². The highest BCUT2D eigenvalue weighted by atomic mass is 16.5. The van der Waals surface area contributed by atoms with Crippen LogP contribution in [0.4, 0.5) is 4.79 Å². The molecule has 1 unspecified atom stereocenters. The standard InChI is InChI=1S/C23H26N2O5/c1-5-23(18-10-11-19(29-4)15(3)12-18)21(27)25(22(28)24-23)14-16-8-7-9-17(13-16)20(26)30-6-2/h7-13H,5-6,14H2,1-4H3,(H,24,28). The number of nitrogens with zero attached hydrogens (tertiary/aromatic N) is 1. The average Bonchev–Trinajstić information content (AvgIpc) is 2.99. The van der Waals surface area contributed by atoms with Crippen LogP contribution in [0.1, 0.15) is 47.3 Å². The molecule has 2 aromatic rings. The fourth-order valence-corrected chi connectivity index (χ4v) is 3.75. The molecule has 1 fully saturated rings. The van der Waals surface area contributed by atoms with Crippen LogP contribution >= 0.6 is 0 Å². The molecule has 0 aromatic heterocycles. The average molecular weight is 410 g/mol. The quantitative estimate of drug-likeness (QED) is 0.557. The number of benzene rings is 2. The molecule has 7 nitrogen and oxygen atoms in total. The number of imide groups is 1. The lowest BCUT2D eigenvalue weighted by Crippen LogP contribution is -2.43. The second kappa shape index (κ2) is 8.57. The van der Waals surface area contributed by atoms with Crippen molar-refractivity contribution in [3.8, 4) is 5.75 Å². The summed E-state index contributed by atoms with van der Waals surface area (Å²) in [6.07, 6.45) is 0.405. The van der Waals surface area contributed by atoms with Gasteiger partial charge < -0.3 is 14.8 Å². The van der Waals surface area contributed by atoms with E-state index in [0.717, 1.165) is 11.3 Å². The van der Waals surface area contributed by atoms with Crippen molar-refractivity contribution >= 4 is 17.9 Å². The number of esters is 1. The summed E-state index contributed by atoms with van der Waals surface area (Å²) in [5.41, 5.74) is 1.51. The highest BCUT2D eigenvalue weighted by Crippen LogP contribution is 2.35. The number of carbonyl (C=O) groups is 3. The van der Waals surface area contributed by atoms with E-state index in [-0.39, 0.29) is 19.1 Å². The Morgan fingerprint density at radius 1 is 1.13 bits per heavy atom. The van der Waals surface area contributed by atoms with Gasteiger partial charge in [0, 0.05) is 0 Å². The largest absolute Gasteiger partial charge is 0.496 e. The first-order valence-corrected chi connectivity index (χ1v) is 9.91. The van der Waals surface area contributed by atoms with Crippen LogP contribution in [0, 0.1) is 6.92 Å². The molecule has 0 bridgehead atoms. The van der Waals surface area contributed by atoms with Gasteiger partial charge in [-0.1, -0.05) is 25.1 Å². The summed E-state index contributed by atoms with van der Waals surface area (Å²) in [7, 11) is 1.59. The summed E-state index contributed by atoms with van der Waals surface area (Å²) in [5.74, 6) is -0.0383. The number of hydrogen-bond acceptors (Lipinski definition) is 5. The van der Waals surface area contributed by atoms with E-state index in [1.54, 1.807) is 50.4 Å². The Labute approximate surface area is 176 Å². The molecule has 0 aliphatic carbocycles. The lowest BCUT2D eigenvalue weighted by Gasteiger charge is -2.26. The van der Waals surface area contributed by atoms with E-state index in [4.69, 9.17) is 9.47 Å². The molecule has 0 spiro atoms. The maximum absolute atomic E-state index is 13.4. The van der Waals surface area contributed by atoms with Gasteiger partial charge >= 0.3 is 12.0 Å². The van der Waals surface area contributed by atoms with Gasteiger partial charge in [0.2, 0.25) is 0 Å². The van der Waals surface area contributed by atoms with E-state index in [9.17, 15) is 14.4 Å². The molecular weight excluding hydrogens is 384 g/mol. The summed E-state index contributed by atoms with van der Waals surface area (Å²) in [6, 6.07) is 11.8. The Hall–Kier alpha value is -3.35. The molecule has 30 heavy (non-hydrogen) atoms. The van der Waals surface area contributed by atoms with Gasteiger partial charge in [-0.25, -0.2) is 9.59 Å². The Morgan fingerprint density at radius 3 is 2.53 bits per heavy atom. The molecule has 158 valence electrons. The number of ether oxygens (including phenoxy) is 2. The normalized spacial score (nSPS) is 18.3. The smallest absolute Gasteiger partial charge is 0.338 e. The van der Waals surface area contributed by atoms with Gasteiger partial charge in [0.1, 0.15) is 11.3 Å². The molecule has 1 saturated heterocycles. The molecule has 1 heterocycles. The maximum atomic E-state index is 13.4. The lowest BCUT2D eigenvalue weighted by molar-refractivity contribution is -0.132. The molecule has 0 radical (unpaired) electrons. The number of carbonyl (C=O) groups excluding carboxylic acids is 3. The van der Waals surface area contributed by atoms with E-state index in [0.29, 0.717) is 23.1 Å². The van der Waals surface area contributed by atoms with E-state index in [2.05, 4.69) is 5.32 Å². The number of amides is 3. The molecule has 7 heteroatoms. The zero-order valence-electron chi connectivity index (χ0n) is 17.7. The van der Waals surface area contributed by atoms with Crippen LogP contribution in [0.2, 0.25) is 0 Å². The van der Waals surface area contributed by atoms with Crippen molar-refractivity contribution in [2.45, 2.75) is 39.3 Å². The van der Waals surface area contributed by atoms with Crippen molar-refractivity contribution in [1.29, 1.82) is 0 Å². The van der Waals surface area contributed by atoms with Gasteiger partial charge in [0.25, 0.3) is 5.91 Å². The molecule has 0 saturated carbocycles. The van der Waals surface area contributed by atoms with Crippen LogP contribution in [0.25, 0.3) is 0 Å². The first-order valence-electron chi connectivity index (χ1n) is 9.91. The fourth-order valence-electron chi connectivity index (χ4n) is 3.75. The van der Waals surface area contributed by atoms with Crippen LogP contribution < -0.4 is 10.1 Å². The number of aryl methyl sites for hydroxylation is 1. The van der Waals surface area contributed by atoms with Gasteiger partial charge in [-0.05, 0) is 61.2 Å². The lowest BCUT2D eigenvalue weighted by atomic mass is 9.86. The number of rotatable bonds is 7. The van der Waals surface area contributed by atoms with Gasteiger partial charge in [-0.15, -0.1) is 0 Å². The van der Waals surface area contributed by atoms with Crippen LogP contribution in [0.3, 0.4) is 0 Å². The number of methoxy groups -OCH3 is 1. The monoisotopic (exact) mass is 410 g/mol. The van der Waals surface area contributed by atoms with Crippen molar-refractivity contribution in [3.05, 3.63) is 64.7 Å². The van der Waals surface area contributed by atoms with Crippen molar-refractivity contribution in [2.75, 3.05) is 13.7 Å². The number of nitrogens with one attached hydrogen (secondary N) is 1. The summed E-state index contributed by atoms with van der Waals surface area (Å²) in [6.45, 7) is 5.83. The van der Waals surface area contributed by atoms with E-state index < -0.39 is 17.5 Å². The minimum atomic E-state index is -1.13. The Kier molecular flexibility index (Phi) is 6.10. The third-order valence-electron chi connectivity index (χ3n) is 5.37. The molecule has 1 atom stereocenters. The second-order valence-corrected chi connectivity index (χ2v) is 7.19. The zero-order chi connectivity index (χ0) is 21.9. The number of urea groups is 1. The molecule has 1 aliphatic rings. The van der Waals surface area contributed by atoms with E-state index >= 15 is 0 Å². The van der Waals surface area contributed by atoms with Crippen molar-refractivity contribution in [3.63, 3.8) is 0 Å². The van der Waals surface area contributed by atoms with Gasteiger partial charge in [0.15, 0.2) is 0 Å². The first kappa shape index (κ1) is 21.4. The summed E-state index contributed by atoms with van der Waals surface area (Å²) in [4.78, 5) is 39.3. The third-order valence-corrected chi connectivity index (χ3v) is 5.37. The summed E-state index contributed by atoms with van der Waals surface area (Å²) >= 11 is 0. The summed E-state index contributed by atoms with van der Waals surface area (Å²) in [5, 5.41) is 2.88. The van der Waals surface area contributed by atoms with E-state index in [1.807, 2.05) is 19.9 Å². The Morgan fingerprint density at radius 2 is 1.90 bits per heavy atom. The maximum Gasteiger partial charge on any atom is 0.338 e. The summed E-state index contributed by atoms with van der Waals surface area (Å²) < 4.78 is 10.3. The highest BCUT2D eigenvalue weighted by Gasteiger charge is 2.51. The molecule has 1 N–H and O–H groups in total. The van der Waals surface area contributed by atoms with Crippen LogP contribution in [-0.2, 0) is 21.6 Å². The topological polar surface area (TPSA) is 84.9 Å². The zero-order valence-corrected chi connectivity index (χ0v) is 17.7. The van der Waals surface area contributed by atoms with Gasteiger partial charge in [0.05, 0.1) is 25.8 Å². The molecule has 3 amide bonds. The second-order valence-electron chi connectivity index (χ2n) is 7.19. The minimum Gasteiger partial charge on any atom is -0.496 e. The van der Waals surface area contributed by atoms with E-state index in [1.165, 1.54) is 4.90 Å². The number of hydrogen-bond donors (Lipinski definition) is 1. The highest BCUT2D eigenvalue weighted by molar-refractivity contribution is 6.07. The minimum absolute atomic E-state index is 0.0643. The Bertz CT molecular complexity index is 987. The SMILES string of the molecule is CCOC(=O)c1cccc(CN2C(=O)NC(CC)(c3ccc(OC)c(C)c3)C2=O)c1. The molecule has 2 aromatic carbocycles. The Balaban J connectivity index is 1.89. The van der Waals surface area contributed by atoms with Gasteiger partial charge in [-0.2, -0.15) is 0 Å². The van der Waals surface area contributed by atoms with Crippen LogP contribution in [0.15, 0.2) is 42.5 Å². The van der Waals surface area contributed by atoms with Crippen molar-refractivity contribution in [1.82, 2.24) is 10.2 Å². The fraction of sp³-hybridized carbons (Fsp3) is 0.348.